The first kappa shape index (κ1) is 12.3. The van der Waals surface area contributed by atoms with Crippen molar-refractivity contribution < 1.29 is 4.52 Å². The molecule has 0 amide bonds. The van der Waals surface area contributed by atoms with Crippen molar-refractivity contribution in [3.05, 3.63) is 27.4 Å². The van der Waals surface area contributed by atoms with Gasteiger partial charge in [-0.2, -0.15) is 10.1 Å². The summed E-state index contributed by atoms with van der Waals surface area (Å²) in [4.78, 5) is 8.48. The van der Waals surface area contributed by atoms with Crippen LogP contribution in [0.5, 0.6) is 0 Å². The number of aromatic nitrogens is 5. The van der Waals surface area contributed by atoms with Crippen molar-refractivity contribution in [2.45, 2.75) is 0 Å². The van der Waals surface area contributed by atoms with E-state index in [-0.39, 0.29) is 5.89 Å². The maximum atomic E-state index is 5.69. The van der Waals surface area contributed by atoms with E-state index in [0.29, 0.717) is 22.9 Å². The Morgan fingerprint density at radius 2 is 2.11 bits per heavy atom. The van der Waals surface area contributed by atoms with E-state index in [4.69, 9.17) is 10.3 Å². The quantitative estimate of drug-likeness (QED) is 0.702. The molecule has 0 radical (unpaired) electrons. The van der Waals surface area contributed by atoms with E-state index in [1.807, 2.05) is 6.07 Å². The summed E-state index contributed by atoms with van der Waals surface area (Å²) in [5, 5.41) is 10.3. The van der Waals surface area contributed by atoms with Crippen molar-refractivity contribution >= 4 is 37.7 Å². The zero-order valence-electron chi connectivity index (χ0n) is 9.26. The number of pyridine rings is 1. The first-order chi connectivity index (χ1) is 9.15. The van der Waals surface area contributed by atoms with Gasteiger partial charge in [-0.15, -0.1) is 0 Å². The van der Waals surface area contributed by atoms with Crippen LogP contribution >= 0.6 is 31.9 Å². The van der Waals surface area contributed by atoms with Gasteiger partial charge >= 0.3 is 0 Å². The van der Waals surface area contributed by atoms with Crippen molar-refractivity contribution in [3.63, 3.8) is 0 Å². The minimum atomic E-state index is 0.290. The number of nitrogens with zero attached hydrogens (tertiary/aromatic N) is 4. The summed E-state index contributed by atoms with van der Waals surface area (Å²) in [5.41, 5.74) is 6.84. The first-order valence-corrected chi connectivity index (χ1v) is 6.68. The van der Waals surface area contributed by atoms with E-state index in [9.17, 15) is 0 Å². The molecular weight excluding hydrogens is 380 g/mol. The SMILES string of the molecule is Nc1[nH]ncc1-c1nc(-c2ncc(Br)cc2Br)no1. The van der Waals surface area contributed by atoms with E-state index < -0.39 is 0 Å². The van der Waals surface area contributed by atoms with Gasteiger partial charge in [0.2, 0.25) is 5.82 Å². The number of H-pyrrole nitrogens is 1. The highest BCUT2D eigenvalue weighted by atomic mass is 79.9. The summed E-state index contributed by atoms with van der Waals surface area (Å²) < 4.78 is 6.77. The van der Waals surface area contributed by atoms with Crippen LogP contribution in [0.3, 0.4) is 0 Å². The smallest absolute Gasteiger partial charge is 0.263 e. The van der Waals surface area contributed by atoms with Crippen LogP contribution in [0.2, 0.25) is 0 Å². The Hall–Kier alpha value is -1.74. The molecule has 3 rings (SSSR count). The molecule has 0 unspecified atom stereocenters. The number of nitrogens with one attached hydrogen (secondary N) is 1. The summed E-state index contributed by atoms with van der Waals surface area (Å²) in [5.74, 6) is 1.03. The van der Waals surface area contributed by atoms with Gasteiger partial charge in [0.15, 0.2) is 0 Å². The number of nitrogen functional groups attached to an aromatic ring is 1. The van der Waals surface area contributed by atoms with Crippen molar-refractivity contribution in [2.75, 3.05) is 5.73 Å². The molecule has 7 nitrogen and oxygen atoms in total. The Labute approximate surface area is 123 Å². The van der Waals surface area contributed by atoms with Crippen LogP contribution in [-0.4, -0.2) is 25.3 Å². The summed E-state index contributed by atoms with van der Waals surface area (Å²) in [6, 6.07) is 1.85. The van der Waals surface area contributed by atoms with Crippen LogP contribution in [0, 0.1) is 0 Å². The molecule has 0 aliphatic rings. The first-order valence-electron chi connectivity index (χ1n) is 5.09. The average molecular weight is 386 g/mol. The Balaban J connectivity index is 2.04. The largest absolute Gasteiger partial charge is 0.383 e. The highest BCUT2D eigenvalue weighted by Crippen LogP contribution is 2.29. The van der Waals surface area contributed by atoms with Gasteiger partial charge in [0.1, 0.15) is 17.1 Å². The number of nitrogens with two attached hydrogens (primary N) is 1. The van der Waals surface area contributed by atoms with Crippen molar-refractivity contribution in [2.24, 2.45) is 0 Å². The van der Waals surface area contributed by atoms with Gasteiger partial charge in [-0.3, -0.25) is 10.1 Å². The lowest BCUT2D eigenvalue weighted by Crippen LogP contribution is -1.89. The molecule has 0 fully saturated rings. The van der Waals surface area contributed by atoms with Gasteiger partial charge in [-0.1, -0.05) is 5.16 Å². The number of rotatable bonds is 2. The zero-order chi connectivity index (χ0) is 13.4. The van der Waals surface area contributed by atoms with E-state index in [2.05, 4.69) is 57.2 Å². The number of aromatic amines is 1. The van der Waals surface area contributed by atoms with Crippen molar-refractivity contribution in [3.8, 4) is 23.0 Å². The van der Waals surface area contributed by atoms with Crippen molar-refractivity contribution in [1.82, 2.24) is 25.3 Å². The van der Waals surface area contributed by atoms with Gasteiger partial charge in [-0.05, 0) is 37.9 Å². The van der Waals surface area contributed by atoms with Crippen LogP contribution in [0.15, 0.2) is 31.9 Å². The molecule has 3 N–H and O–H groups in total. The number of hydrogen-bond donors (Lipinski definition) is 2. The summed E-state index contributed by atoms with van der Waals surface area (Å²) in [6.45, 7) is 0. The molecule has 0 aliphatic carbocycles. The Morgan fingerprint density at radius 3 is 2.79 bits per heavy atom. The third kappa shape index (κ3) is 2.26. The van der Waals surface area contributed by atoms with E-state index >= 15 is 0 Å². The third-order valence-corrected chi connectivity index (χ3v) is 3.38. The monoisotopic (exact) mass is 384 g/mol. The molecule has 19 heavy (non-hydrogen) atoms. The molecule has 9 heteroatoms. The molecule has 0 spiro atoms. The molecule has 96 valence electrons. The second kappa shape index (κ2) is 4.74. The predicted molar refractivity (Wildman–Crippen MR) is 74.9 cm³/mol. The van der Waals surface area contributed by atoms with E-state index in [1.165, 1.54) is 6.20 Å². The lowest BCUT2D eigenvalue weighted by atomic mass is 10.3. The molecule has 3 aromatic rings. The molecule has 3 aromatic heterocycles. The molecular formula is C10H6Br2N6O. The van der Waals surface area contributed by atoms with E-state index in [1.54, 1.807) is 6.20 Å². The molecule has 0 aromatic carbocycles. The molecule has 0 saturated carbocycles. The van der Waals surface area contributed by atoms with Crippen molar-refractivity contribution in [1.29, 1.82) is 0 Å². The lowest BCUT2D eigenvalue weighted by Gasteiger charge is -1.97. The topological polar surface area (TPSA) is 107 Å². The van der Waals surface area contributed by atoms with Crippen LogP contribution in [0.4, 0.5) is 5.82 Å². The minimum Gasteiger partial charge on any atom is -0.383 e. The molecule has 0 aliphatic heterocycles. The lowest BCUT2D eigenvalue weighted by molar-refractivity contribution is 0.432. The van der Waals surface area contributed by atoms with Gasteiger partial charge in [0.05, 0.1) is 6.20 Å². The van der Waals surface area contributed by atoms with Crippen LogP contribution in [0.25, 0.3) is 23.0 Å². The number of halogens is 2. The highest BCUT2D eigenvalue weighted by molar-refractivity contribution is 9.11. The van der Waals surface area contributed by atoms with Gasteiger partial charge in [0.25, 0.3) is 5.89 Å². The minimum absolute atomic E-state index is 0.290. The third-order valence-electron chi connectivity index (χ3n) is 2.34. The van der Waals surface area contributed by atoms with E-state index in [0.717, 1.165) is 8.95 Å². The fourth-order valence-electron chi connectivity index (χ4n) is 1.47. The van der Waals surface area contributed by atoms with Gasteiger partial charge < -0.3 is 10.3 Å². The predicted octanol–water partition coefficient (Wildman–Crippen LogP) is 2.63. The standard InChI is InChI=1S/C10H6Br2N6O/c11-4-1-6(12)7(14-2-4)9-16-10(19-18-9)5-3-15-17-8(5)13/h1-3H,(H3,13,15,17). The second-order valence-electron chi connectivity index (χ2n) is 3.60. The summed E-state index contributed by atoms with van der Waals surface area (Å²) >= 11 is 6.73. The summed E-state index contributed by atoms with van der Waals surface area (Å²) in [7, 11) is 0. The highest BCUT2D eigenvalue weighted by Gasteiger charge is 2.17. The fourth-order valence-corrected chi connectivity index (χ4v) is 2.64. The molecule has 0 atom stereocenters. The van der Waals surface area contributed by atoms with Crippen LogP contribution < -0.4 is 5.73 Å². The van der Waals surface area contributed by atoms with Crippen LogP contribution in [-0.2, 0) is 0 Å². The number of hydrogen-bond acceptors (Lipinski definition) is 6. The van der Waals surface area contributed by atoms with Crippen LogP contribution in [0.1, 0.15) is 0 Å². The molecule has 0 bridgehead atoms. The second-order valence-corrected chi connectivity index (χ2v) is 5.37. The van der Waals surface area contributed by atoms with Gasteiger partial charge in [-0.25, -0.2) is 0 Å². The molecule has 3 heterocycles. The van der Waals surface area contributed by atoms with Gasteiger partial charge in [0, 0.05) is 15.1 Å². The Morgan fingerprint density at radius 1 is 1.26 bits per heavy atom. The maximum absolute atomic E-state index is 5.69. The fraction of sp³-hybridized carbons (Fsp3) is 0. The molecule has 0 saturated heterocycles. The average Bonchev–Trinajstić information content (AvgIpc) is 2.97. The normalized spacial score (nSPS) is 10.8. The zero-order valence-corrected chi connectivity index (χ0v) is 12.4. The number of anilines is 1. The maximum Gasteiger partial charge on any atom is 0.263 e. The Kier molecular flexibility index (Phi) is 3.07. The Bertz CT molecular complexity index is 737. The summed E-state index contributed by atoms with van der Waals surface area (Å²) in [6.07, 6.45) is 3.18.